The highest BCUT2D eigenvalue weighted by Crippen LogP contribution is 2.25. The Bertz CT molecular complexity index is 695. The molecule has 0 spiro atoms. The molecule has 0 atom stereocenters. The van der Waals surface area contributed by atoms with Crippen LogP contribution in [0.3, 0.4) is 0 Å². The van der Waals surface area contributed by atoms with Crippen molar-refractivity contribution in [2.75, 3.05) is 5.73 Å². The number of rotatable bonds is 4. The van der Waals surface area contributed by atoms with E-state index in [4.69, 9.17) is 5.73 Å². The standard InChI is InChI=1S/C12H14BrN3O2S/c1-2-16-7-9(6-15-16)8-19(17,18)12-4-3-10(13)5-11(12)14/h3-7H,2,8,14H2,1H3. The van der Waals surface area contributed by atoms with Crippen LogP contribution in [0, 0.1) is 0 Å². The van der Waals surface area contributed by atoms with Crippen molar-refractivity contribution >= 4 is 31.5 Å². The van der Waals surface area contributed by atoms with E-state index in [0.29, 0.717) is 12.1 Å². The lowest BCUT2D eigenvalue weighted by Gasteiger charge is -2.06. The zero-order valence-corrected chi connectivity index (χ0v) is 12.8. The Morgan fingerprint density at radius 3 is 2.74 bits per heavy atom. The monoisotopic (exact) mass is 343 g/mol. The van der Waals surface area contributed by atoms with Gasteiger partial charge in [0.05, 0.1) is 22.5 Å². The number of anilines is 1. The number of nitrogens with zero attached hydrogens (tertiary/aromatic N) is 2. The molecule has 102 valence electrons. The van der Waals surface area contributed by atoms with Crippen molar-refractivity contribution in [3.05, 3.63) is 40.6 Å². The third-order valence-corrected chi connectivity index (χ3v) is 4.92. The average Bonchev–Trinajstić information content (AvgIpc) is 2.75. The molecule has 0 fully saturated rings. The van der Waals surface area contributed by atoms with Gasteiger partial charge in [0.1, 0.15) is 0 Å². The Morgan fingerprint density at radius 2 is 2.16 bits per heavy atom. The minimum atomic E-state index is -3.45. The molecular weight excluding hydrogens is 330 g/mol. The van der Waals surface area contributed by atoms with E-state index in [9.17, 15) is 8.42 Å². The molecule has 0 unspecified atom stereocenters. The molecule has 0 radical (unpaired) electrons. The third kappa shape index (κ3) is 3.16. The summed E-state index contributed by atoms with van der Waals surface area (Å²) in [4.78, 5) is 0.153. The first kappa shape index (κ1) is 14.1. The maximum atomic E-state index is 12.3. The van der Waals surface area contributed by atoms with Crippen molar-refractivity contribution in [3.8, 4) is 0 Å². The van der Waals surface area contributed by atoms with Crippen LogP contribution in [0.4, 0.5) is 5.69 Å². The third-order valence-electron chi connectivity index (χ3n) is 2.67. The first-order valence-corrected chi connectivity index (χ1v) is 8.16. The second-order valence-electron chi connectivity index (χ2n) is 4.15. The lowest BCUT2D eigenvalue weighted by Crippen LogP contribution is -2.07. The molecule has 19 heavy (non-hydrogen) atoms. The fourth-order valence-electron chi connectivity index (χ4n) is 1.75. The summed E-state index contributed by atoms with van der Waals surface area (Å²) in [6.45, 7) is 2.65. The van der Waals surface area contributed by atoms with Gasteiger partial charge in [-0.15, -0.1) is 0 Å². The lowest BCUT2D eigenvalue weighted by molar-refractivity contribution is 0.595. The Balaban J connectivity index is 2.32. The van der Waals surface area contributed by atoms with Gasteiger partial charge in [-0.1, -0.05) is 15.9 Å². The number of aryl methyl sites for hydroxylation is 1. The number of hydrogen-bond donors (Lipinski definition) is 1. The van der Waals surface area contributed by atoms with Crippen molar-refractivity contribution in [3.63, 3.8) is 0 Å². The largest absolute Gasteiger partial charge is 0.398 e. The number of halogens is 1. The number of sulfone groups is 1. The van der Waals surface area contributed by atoms with Crippen LogP contribution in [-0.4, -0.2) is 18.2 Å². The van der Waals surface area contributed by atoms with Gasteiger partial charge in [0, 0.05) is 22.8 Å². The summed E-state index contributed by atoms with van der Waals surface area (Å²) in [6, 6.07) is 4.76. The quantitative estimate of drug-likeness (QED) is 0.863. The number of nitrogen functional groups attached to an aromatic ring is 1. The van der Waals surface area contributed by atoms with Crippen molar-refractivity contribution in [2.24, 2.45) is 0 Å². The van der Waals surface area contributed by atoms with Crippen LogP contribution < -0.4 is 5.73 Å². The Morgan fingerprint density at radius 1 is 1.42 bits per heavy atom. The highest BCUT2D eigenvalue weighted by atomic mass is 79.9. The summed E-state index contributed by atoms with van der Waals surface area (Å²) in [6.07, 6.45) is 3.29. The van der Waals surface area contributed by atoms with Crippen LogP contribution >= 0.6 is 15.9 Å². The smallest absolute Gasteiger partial charge is 0.184 e. The van der Waals surface area contributed by atoms with E-state index in [1.54, 1.807) is 29.2 Å². The molecule has 0 aliphatic rings. The first-order chi connectivity index (χ1) is 8.92. The summed E-state index contributed by atoms with van der Waals surface area (Å²) in [5.74, 6) is -0.0984. The summed E-state index contributed by atoms with van der Waals surface area (Å²) >= 11 is 3.25. The van der Waals surface area contributed by atoms with Gasteiger partial charge in [-0.25, -0.2) is 8.42 Å². The van der Waals surface area contributed by atoms with Gasteiger partial charge >= 0.3 is 0 Å². The van der Waals surface area contributed by atoms with E-state index in [1.165, 1.54) is 6.07 Å². The molecule has 0 aliphatic carbocycles. The van der Waals surface area contributed by atoms with E-state index in [0.717, 1.165) is 4.47 Å². The zero-order valence-electron chi connectivity index (χ0n) is 10.4. The molecule has 5 nitrogen and oxygen atoms in total. The van der Waals surface area contributed by atoms with Crippen LogP contribution in [0.25, 0.3) is 0 Å². The molecule has 0 saturated heterocycles. The number of hydrogen-bond acceptors (Lipinski definition) is 4. The predicted molar refractivity (Wildman–Crippen MR) is 77.3 cm³/mol. The highest BCUT2D eigenvalue weighted by molar-refractivity contribution is 9.10. The molecule has 7 heteroatoms. The van der Waals surface area contributed by atoms with Crippen LogP contribution in [0.5, 0.6) is 0 Å². The average molecular weight is 344 g/mol. The summed E-state index contributed by atoms with van der Waals surface area (Å²) in [5.41, 5.74) is 6.67. The Labute approximate surface area is 120 Å². The van der Waals surface area contributed by atoms with E-state index < -0.39 is 9.84 Å². The van der Waals surface area contributed by atoms with Gasteiger partial charge in [-0.2, -0.15) is 5.10 Å². The molecule has 1 heterocycles. The summed E-state index contributed by atoms with van der Waals surface area (Å²) < 4.78 is 27.0. The SMILES string of the molecule is CCn1cc(CS(=O)(=O)c2ccc(Br)cc2N)cn1. The van der Waals surface area contributed by atoms with Crippen molar-refractivity contribution < 1.29 is 8.42 Å². The van der Waals surface area contributed by atoms with Gasteiger partial charge < -0.3 is 5.73 Å². The second kappa shape index (κ2) is 5.34. The number of aromatic nitrogens is 2. The number of benzene rings is 1. The van der Waals surface area contributed by atoms with Crippen molar-refractivity contribution in [2.45, 2.75) is 24.1 Å². The molecule has 0 bridgehead atoms. The first-order valence-electron chi connectivity index (χ1n) is 5.71. The van der Waals surface area contributed by atoms with Crippen molar-refractivity contribution in [1.82, 2.24) is 9.78 Å². The highest BCUT2D eigenvalue weighted by Gasteiger charge is 2.19. The number of nitrogens with two attached hydrogens (primary N) is 1. The lowest BCUT2D eigenvalue weighted by atomic mass is 10.3. The predicted octanol–water partition coefficient (Wildman–Crippen LogP) is 2.22. The second-order valence-corrected chi connectivity index (χ2v) is 7.02. The molecule has 1 aromatic carbocycles. The molecular formula is C12H14BrN3O2S. The van der Waals surface area contributed by atoms with Crippen LogP contribution in [0.15, 0.2) is 40.0 Å². The molecule has 1 aromatic heterocycles. The van der Waals surface area contributed by atoms with Gasteiger partial charge in [0.2, 0.25) is 0 Å². The van der Waals surface area contributed by atoms with Crippen LogP contribution in [0.1, 0.15) is 12.5 Å². The Hall–Kier alpha value is -1.34. The molecule has 0 amide bonds. The maximum absolute atomic E-state index is 12.3. The van der Waals surface area contributed by atoms with E-state index in [-0.39, 0.29) is 16.3 Å². The van der Waals surface area contributed by atoms with Gasteiger partial charge in [-0.3, -0.25) is 4.68 Å². The fourth-order valence-corrected chi connectivity index (χ4v) is 3.57. The van der Waals surface area contributed by atoms with E-state index >= 15 is 0 Å². The minimum absolute atomic E-state index is 0.0984. The van der Waals surface area contributed by atoms with Crippen LogP contribution in [-0.2, 0) is 22.1 Å². The fraction of sp³-hybridized carbons (Fsp3) is 0.250. The van der Waals surface area contributed by atoms with E-state index in [1.807, 2.05) is 6.92 Å². The topological polar surface area (TPSA) is 78.0 Å². The van der Waals surface area contributed by atoms with E-state index in [2.05, 4.69) is 21.0 Å². The molecule has 0 aliphatic heterocycles. The normalized spacial score (nSPS) is 11.7. The van der Waals surface area contributed by atoms with Gasteiger partial charge in [-0.05, 0) is 25.1 Å². The summed E-state index contributed by atoms with van der Waals surface area (Å²) in [7, 11) is -3.45. The molecule has 2 N–H and O–H groups in total. The minimum Gasteiger partial charge on any atom is -0.398 e. The van der Waals surface area contributed by atoms with Gasteiger partial charge in [0.15, 0.2) is 9.84 Å². The molecule has 2 aromatic rings. The van der Waals surface area contributed by atoms with Crippen LogP contribution in [0.2, 0.25) is 0 Å². The zero-order chi connectivity index (χ0) is 14.0. The maximum Gasteiger partial charge on any atom is 0.184 e. The molecule has 0 saturated carbocycles. The van der Waals surface area contributed by atoms with Crippen molar-refractivity contribution in [1.29, 1.82) is 0 Å². The van der Waals surface area contributed by atoms with Gasteiger partial charge in [0.25, 0.3) is 0 Å². The summed E-state index contributed by atoms with van der Waals surface area (Å²) in [5, 5.41) is 4.06. The molecule has 2 rings (SSSR count). The Kier molecular flexibility index (Phi) is 3.96.